The van der Waals surface area contributed by atoms with Crippen molar-refractivity contribution in [3.63, 3.8) is 0 Å². The summed E-state index contributed by atoms with van der Waals surface area (Å²) in [6, 6.07) is 0.0425. The lowest BCUT2D eigenvalue weighted by atomic mass is 9.99. The van der Waals surface area contributed by atoms with Crippen LogP contribution in [0.3, 0.4) is 0 Å². The number of aryl methyl sites for hydroxylation is 1. The number of rotatable bonds is 1. The van der Waals surface area contributed by atoms with Crippen LogP contribution >= 0.6 is 0 Å². The van der Waals surface area contributed by atoms with Gasteiger partial charge in [0.25, 0.3) is 5.91 Å². The number of ether oxygens (including phenoxy) is 1. The van der Waals surface area contributed by atoms with E-state index in [4.69, 9.17) is 4.74 Å². The summed E-state index contributed by atoms with van der Waals surface area (Å²) in [4.78, 5) is 14.6. The summed E-state index contributed by atoms with van der Waals surface area (Å²) in [7, 11) is 1.84. The van der Waals surface area contributed by atoms with Crippen LogP contribution in [0.25, 0.3) is 0 Å². The lowest BCUT2D eigenvalue weighted by Crippen LogP contribution is -2.50. The molecule has 4 heterocycles. The molecule has 0 radical (unpaired) electrons. The summed E-state index contributed by atoms with van der Waals surface area (Å²) < 4.78 is 9.50. The van der Waals surface area contributed by atoms with Gasteiger partial charge in [-0.25, -0.2) is 4.68 Å². The molecule has 1 amide bonds. The van der Waals surface area contributed by atoms with Gasteiger partial charge in [0, 0.05) is 25.8 Å². The Morgan fingerprint density at radius 2 is 2.27 bits per heavy atom. The molecule has 8 heteroatoms. The Labute approximate surface area is 127 Å². The van der Waals surface area contributed by atoms with Crippen molar-refractivity contribution >= 4 is 5.91 Å². The van der Waals surface area contributed by atoms with Crippen LogP contribution in [-0.2, 0) is 18.4 Å². The molecule has 0 bridgehead atoms. The van der Waals surface area contributed by atoms with E-state index >= 15 is 0 Å². The smallest absolute Gasteiger partial charge is 0.257 e. The number of carbonyl (C=O) groups excluding carboxylic acids is 1. The number of hydrogen-bond acceptors (Lipinski definition) is 5. The fourth-order valence-electron chi connectivity index (χ4n) is 3.24. The Hall–Kier alpha value is -2.22. The SMILES string of the molecule is Cc1c(C(=O)N2CC[C@H]3OCc4cnnn4[C@H]3C2)cnn1C. The lowest BCUT2D eigenvalue weighted by molar-refractivity contribution is -0.0605. The summed E-state index contributed by atoms with van der Waals surface area (Å²) in [5, 5.41) is 12.3. The van der Waals surface area contributed by atoms with E-state index in [1.54, 1.807) is 17.1 Å². The van der Waals surface area contributed by atoms with Crippen molar-refractivity contribution in [1.29, 1.82) is 0 Å². The lowest BCUT2D eigenvalue weighted by Gasteiger charge is -2.40. The Bertz CT molecular complexity index is 721. The minimum Gasteiger partial charge on any atom is -0.370 e. The van der Waals surface area contributed by atoms with Crippen molar-refractivity contribution in [3.05, 3.63) is 29.3 Å². The Morgan fingerprint density at radius 1 is 1.41 bits per heavy atom. The second kappa shape index (κ2) is 4.91. The molecular weight excluding hydrogens is 284 g/mol. The molecule has 2 aromatic heterocycles. The number of fused-ring (bicyclic) bond motifs is 3. The molecule has 2 aliphatic rings. The first-order valence-electron chi connectivity index (χ1n) is 7.43. The number of amides is 1. The first-order chi connectivity index (χ1) is 10.6. The van der Waals surface area contributed by atoms with Crippen molar-refractivity contribution < 1.29 is 9.53 Å². The van der Waals surface area contributed by atoms with E-state index in [1.807, 2.05) is 23.6 Å². The molecule has 22 heavy (non-hydrogen) atoms. The summed E-state index contributed by atoms with van der Waals surface area (Å²) in [5.41, 5.74) is 2.51. The van der Waals surface area contributed by atoms with Gasteiger partial charge in [-0.1, -0.05) is 5.21 Å². The van der Waals surface area contributed by atoms with Gasteiger partial charge in [-0.3, -0.25) is 9.48 Å². The third kappa shape index (κ3) is 1.94. The number of aromatic nitrogens is 5. The van der Waals surface area contributed by atoms with Crippen LogP contribution < -0.4 is 0 Å². The van der Waals surface area contributed by atoms with E-state index in [0.29, 0.717) is 25.3 Å². The monoisotopic (exact) mass is 302 g/mol. The van der Waals surface area contributed by atoms with Crippen LogP contribution in [0.2, 0.25) is 0 Å². The molecule has 1 saturated heterocycles. The molecule has 0 saturated carbocycles. The van der Waals surface area contributed by atoms with Gasteiger partial charge in [-0.2, -0.15) is 5.10 Å². The van der Waals surface area contributed by atoms with Crippen molar-refractivity contribution in [2.24, 2.45) is 7.05 Å². The number of carbonyl (C=O) groups is 1. The molecule has 116 valence electrons. The van der Waals surface area contributed by atoms with E-state index in [9.17, 15) is 4.79 Å². The average molecular weight is 302 g/mol. The van der Waals surface area contributed by atoms with Crippen molar-refractivity contribution in [1.82, 2.24) is 29.7 Å². The molecule has 2 aromatic rings. The van der Waals surface area contributed by atoms with Crippen LogP contribution in [0, 0.1) is 6.92 Å². The molecule has 0 aromatic carbocycles. The van der Waals surface area contributed by atoms with E-state index < -0.39 is 0 Å². The van der Waals surface area contributed by atoms with E-state index in [-0.39, 0.29) is 18.1 Å². The van der Waals surface area contributed by atoms with Gasteiger partial charge in [0.2, 0.25) is 0 Å². The van der Waals surface area contributed by atoms with Crippen LogP contribution in [0.5, 0.6) is 0 Å². The molecule has 0 spiro atoms. The normalized spacial score (nSPS) is 24.0. The molecule has 0 aliphatic carbocycles. The first kappa shape index (κ1) is 13.4. The second-order valence-electron chi connectivity index (χ2n) is 5.89. The van der Waals surface area contributed by atoms with Gasteiger partial charge in [-0.05, 0) is 13.3 Å². The maximum absolute atomic E-state index is 12.7. The van der Waals surface area contributed by atoms with E-state index in [1.165, 1.54) is 0 Å². The molecule has 0 unspecified atom stereocenters. The van der Waals surface area contributed by atoms with Gasteiger partial charge in [0.15, 0.2) is 0 Å². The third-order valence-electron chi connectivity index (χ3n) is 4.68. The molecule has 1 fully saturated rings. The summed E-state index contributed by atoms with van der Waals surface area (Å²) in [6.45, 7) is 3.74. The minimum atomic E-state index is 0.0243. The van der Waals surface area contributed by atoms with E-state index in [0.717, 1.165) is 17.8 Å². The Kier molecular flexibility index (Phi) is 3.00. The van der Waals surface area contributed by atoms with Crippen LogP contribution in [-0.4, -0.2) is 54.8 Å². The minimum absolute atomic E-state index is 0.0243. The van der Waals surface area contributed by atoms with Crippen molar-refractivity contribution in [2.75, 3.05) is 13.1 Å². The molecule has 2 atom stereocenters. The van der Waals surface area contributed by atoms with Crippen LogP contribution in [0.1, 0.15) is 34.2 Å². The predicted molar refractivity (Wildman–Crippen MR) is 76.1 cm³/mol. The van der Waals surface area contributed by atoms with Crippen molar-refractivity contribution in [3.8, 4) is 0 Å². The zero-order valence-corrected chi connectivity index (χ0v) is 12.6. The highest BCUT2D eigenvalue weighted by molar-refractivity contribution is 5.95. The highest BCUT2D eigenvalue weighted by Gasteiger charge is 2.38. The molecule has 8 nitrogen and oxygen atoms in total. The zero-order valence-electron chi connectivity index (χ0n) is 12.6. The standard InChI is InChI=1S/C14H18N6O2/c1-9-11(6-16-18(9)2)14(21)19-4-3-13-12(7-19)20-10(8-22-13)5-15-17-20/h5-6,12-13H,3-4,7-8H2,1-2H3/t12-,13+/m0/s1. The summed E-state index contributed by atoms with van der Waals surface area (Å²) in [6.07, 6.45) is 4.28. The number of likely N-dealkylation sites (tertiary alicyclic amines) is 1. The molecular formula is C14H18N6O2. The van der Waals surface area contributed by atoms with Crippen LogP contribution in [0.4, 0.5) is 0 Å². The van der Waals surface area contributed by atoms with Gasteiger partial charge < -0.3 is 9.64 Å². The summed E-state index contributed by atoms with van der Waals surface area (Å²) >= 11 is 0. The fourth-order valence-corrected chi connectivity index (χ4v) is 3.24. The third-order valence-corrected chi connectivity index (χ3v) is 4.68. The van der Waals surface area contributed by atoms with Crippen LogP contribution in [0.15, 0.2) is 12.4 Å². The Balaban J connectivity index is 1.59. The zero-order chi connectivity index (χ0) is 15.3. The van der Waals surface area contributed by atoms with Gasteiger partial charge in [0.1, 0.15) is 0 Å². The quantitative estimate of drug-likeness (QED) is 0.757. The molecule has 0 N–H and O–H groups in total. The highest BCUT2D eigenvalue weighted by Crippen LogP contribution is 2.30. The maximum atomic E-state index is 12.7. The number of piperidine rings is 1. The highest BCUT2D eigenvalue weighted by atomic mass is 16.5. The number of nitrogens with zero attached hydrogens (tertiary/aromatic N) is 6. The fraction of sp³-hybridized carbons (Fsp3) is 0.571. The predicted octanol–water partition coefficient (Wildman–Crippen LogP) is 0.306. The molecule has 4 rings (SSSR count). The van der Waals surface area contributed by atoms with Gasteiger partial charge >= 0.3 is 0 Å². The first-order valence-corrected chi connectivity index (χ1v) is 7.43. The Morgan fingerprint density at radius 3 is 3.05 bits per heavy atom. The van der Waals surface area contributed by atoms with Crippen molar-refractivity contribution in [2.45, 2.75) is 32.1 Å². The average Bonchev–Trinajstić information content (AvgIpc) is 3.14. The number of hydrogen-bond donors (Lipinski definition) is 0. The topological polar surface area (TPSA) is 78.1 Å². The summed E-state index contributed by atoms with van der Waals surface area (Å²) in [5.74, 6) is 0.0243. The van der Waals surface area contributed by atoms with E-state index in [2.05, 4.69) is 15.4 Å². The van der Waals surface area contributed by atoms with Gasteiger partial charge in [0.05, 0.1) is 42.4 Å². The second-order valence-corrected chi connectivity index (χ2v) is 5.89. The largest absolute Gasteiger partial charge is 0.370 e. The van der Waals surface area contributed by atoms with Gasteiger partial charge in [-0.15, -0.1) is 5.10 Å². The molecule has 2 aliphatic heterocycles. The maximum Gasteiger partial charge on any atom is 0.257 e.